The molecule has 0 aliphatic carbocycles. The molecule has 0 aliphatic rings. The van der Waals surface area contributed by atoms with Crippen LogP contribution in [0, 0.1) is 5.41 Å². The number of methoxy groups -OCH3 is 2. The second-order valence-electron chi connectivity index (χ2n) is 6.23. The molecule has 0 unspecified atom stereocenters. The molecule has 0 amide bonds. The Morgan fingerprint density at radius 2 is 1.24 bits per heavy atom. The number of rotatable bonds is 9. The third-order valence-electron chi connectivity index (χ3n) is 2.79. The van der Waals surface area contributed by atoms with Crippen molar-refractivity contribution >= 4 is 0 Å². The summed E-state index contributed by atoms with van der Waals surface area (Å²) in [6.07, 6.45) is 0.967. The first-order valence-corrected chi connectivity index (χ1v) is 7.32. The quantitative estimate of drug-likeness (QED) is 0.655. The van der Waals surface area contributed by atoms with Gasteiger partial charge in [-0.3, -0.25) is 0 Å². The van der Waals surface area contributed by atoms with Crippen molar-refractivity contribution in [2.45, 2.75) is 27.2 Å². The lowest BCUT2D eigenvalue weighted by molar-refractivity contribution is 0.142. The van der Waals surface area contributed by atoms with E-state index in [1.807, 2.05) is 6.07 Å². The average Bonchev–Trinajstić information content (AvgIpc) is 2.37. The molecule has 120 valence electrons. The molecule has 0 saturated heterocycles. The van der Waals surface area contributed by atoms with Crippen LogP contribution in [-0.4, -0.2) is 40.6 Å². The zero-order valence-corrected chi connectivity index (χ0v) is 13.9. The fraction of sp³-hybridized carbons (Fsp3) is 0.647. The van der Waals surface area contributed by atoms with Gasteiger partial charge in [0, 0.05) is 20.3 Å². The van der Waals surface area contributed by atoms with Gasteiger partial charge < -0.3 is 18.9 Å². The highest BCUT2D eigenvalue weighted by Crippen LogP contribution is 2.28. The zero-order valence-electron chi connectivity index (χ0n) is 13.9. The van der Waals surface area contributed by atoms with Crippen molar-refractivity contribution in [2.75, 3.05) is 40.6 Å². The Morgan fingerprint density at radius 3 is 1.62 bits per heavy atom. The fourth-order valence-electron chi connectivity index (χ4n) is 2.00. The summed E-state index contributed by atoms with van der Waals surface area (Å²) in [4.78, 5) is 0. The maximum absolute atomic E-state index is 5.71. The standard InChI is InChI=1S/C17H28O4/c1-17(2,3)13-14-10-15(20-8-6-18-4)12-16(11-14)21-9-7-19-5/h10-12H,6-9,13H2,1-5H3. The highest BCUT2D eigenvalue weighted by Gasteiger charge is 2.13. The molecule has 0 spiro atoms. The van der Waals surface area contributed by atoms with Crippen molar-refractivity contribution in [1.82, 2.24) is 0 Å². The zero-order chi connectivity index (χ0) is 15.7. The van der Waals surface area contributed by atoms with Crippen LogP contribution >= 0.6 is 0 Å². The van der Waals surface area contributed by atoms with Crippen LogP contribution in [0.4, 0.5) is 0 Å². The normalized spacial score (nSPS) is 11.5. The minimum absolute atomic E-state index is 0.217. The Morgan fingerprint density at radius 1 is 0.762 bits per heavy atom. The van der Waals surface area contributed by atoms with Gasteiger partial charge in [-0.2, -0.15) is 0 Å². The van der Waals surface area contributed by atoms with E-state index in [1.165, 1.54) is 5.56 Å². The Kier molecular flexibility index (Phi) is 7.54. The highest BCUT2D eigenvalue weighted by atomic mass is 16.5. The van der Waals surface area contributed by atoms with Crippen molar-refractivity contribution in [1.29, 1.82) is 0 Å². The van der Waals surface area contributed by atoms with Crippen molar-refractivity contribution in [2.24, 2.45) is 5.41 Å². The smallest absolute Gasteiger partial charge is 0.123 e. The highest BCUT2D eigenvalue weighted by molar-refractivity contribution is 5.39. The molecule has 4 nitrogen and oxygen atoms in total. The van der Waals surface area contributed by atoms with Gasteiger partial charge in [0.25, 0.3) is 0 Å². The second-order valence-corrected chi connectivity index (χ2v) is 6.23. The van der Waals surface area contributed by atoms with E-state index in [0.717, 1.165) is 17.9 Å². The molecule has 0 saturated carbocycles. The summed E-state index contributed by atoms with van der Waals surface area (Å²) in [5.74, 6) is 1.64. The Bertz CT molecular complexity index is 381. The molecular formula is C17H28O4. The summed E-state index contributed by atoms with van der Waals surface area (Å²) in [6.45, 7) is 8.87. The molecule has 0 N–H and O–H groups in total. The Labute approximate surface area is 128 Å². The van der Waals surface area contributed by atoms with Crippen LogP contribution in [0.3, 0.4) is 0 Å². The van der Waals surface area contributed by atoms with E-state index in [-0.39, 0.29) is 5.41 Å². The maximum Gasteiger partial charge on any atom is 0.123 e. The molecule has 1 rings (SSSR count). The molecule has 4 heteroatoms. The third kappa shape index (κ3) is 7.93. The van der Waals surface area contributed by atoms with E-state index < -0.39 is 0 Å². The monoisotopic (exact) mass is 296 g/mol. The van der Waals surface area contributed by atoms with Crippen LogP contribution < -0.4 is 9.47 Å². The summed E-state index contributed by atoms with van der Waals surface area (Å²) >= 11 is 0. The average molecular weight is 296 g/mol. The van der Waals surface area contributed by atoms with Gasteiger partial charge in [0.15, 0.2) is 0 Å². The van der Waals surface area contributed by atoms with E-state index in [9.17, 15) is 0 Å². The first-order chi connectivity index (χ1) is 9.94. The summed E-state index contributed by atoms with van der Waals surface area (Å²) in [5, 5.41) is 0. The molecule has 21 heavy (non-hydrogen) atoms. The lowest BCUT2D eigenvalue weighted by Crippen LogP contribution is -2.11. The molecule has 1 aromatic rings. The molecule has 0 aliphatic heterocycles. The summed E-state index contributed by atoms with van der Waals surface area (Å²) in [7, 11) is 3.33. The fourth-order valence-corrected chi connectivity index (χ4v) is 2.00. The van der Waals surface area contributed by atoms with Gasteiger partial charge in [-0.05, 0) is 29.5 Å². The van der Waals surface area contributed by atoms with Gasteiger partial charge in [0.2, 0.25) is 0 Å². The van der Waals surface area contributed by atoms with Crippen LogP contribution in [0.5, 0.6) is 11.5 Å². The predicted octanol–water partition coefficient (Wildman–Crippen LogP) is 3.33. The van der Waals surface area contributed by atoms with Gasteiger partial charge in [0.05, 0.1) is 13.2 Å². The summed E-state index contributed by atoms with van der Waals surface area (Å²) in [5.41, 5.74) is 1.43. The number of ether oxygens (including phenoxy) is 4. The van der Waals surface area contributed by atoms with E-state index in [1.54, 1.807) is 14.2 Å². The first kappa shape index (κ1) is 17.8. The third-order valence-corrected chi connectivity index (χ3v) is 2.79. The predicted molar refractivity (Wildman–Crippen MR) is 84.3 cm³/mol. The molecule has 0 radical (unpaired) electrons. The summed E-state index contributed by atoms with van der Waals surface area (Å²) in [6, 6.07) is 6.06. The van der Waals surface area contributed by atoms with Crippen LogP contribution in [0.2, 0.25) is 0 Å². The minimum Gasteiger partial charge on any atom is -0.491 e. The van der Waals surface area contributed by atoms with Crippen molar-refractivity contribution in [3.63, 3.8) is 0 Å². The Hall–Kier alpha value is -1.26. The van der Waals surface area contributed by atoms with Gasteiger partial charge in [0.1, 0.15) is 24.7 Å². The number of benzene rings is 1. The molecule has 1 aromatic carbocycles. The van der Waals surface area contributed by atoms with E-state index in [2.05, 4.69) is 32.9 Å². The van der Waals surface area contributed by atoms with Gasteiger partial charge >= 0.3 is 0 Å². The first-order valence-electron chi connectivity index (χ1n) is 7.32. The topological polar surface area (TPSA) is 36.9 Å². The van der Waals surface area contributed by atoms with E-state index in [4.69, 9.17) is 18.9 Å². The molecule has 0 fully saturated rings. The maximum atomic E-state index is 5.71. The molecule has 0 bridgehead atoms. The molecule has 0 heterocycles. The van der Waals surface area contributed by atoms with Crippen molar-refractivity contribution in [3.05, 3.63) is 23.8 Å². The summed E-state index contributed by atoms with van der Waals surface area (Å²) < 4.78 is 21.4. The van der Waals surface area contributed by atoms with Crippen LogP contribution in [0.25, 0.3) is 0 Å². The van der Waals surface area contributed by atoms with E-state index in [0.29, 0.717) is 26.4 Å². The molecule has 0 atom stereocenters. The van der Waals surface area contributed by atoms with Gasteiger partial charge in [-0.15, -0.1) is 0 Å². The van der Waals surface area contributed by atoms with Gasteiger partial charge in [-0.1, -0.05) is 20.8 Å². The van der Waals surface area contributed by atoms with Crippen molar-refractivity contribution < 1.29 is 18.9 Å². The number of hydrogen-bond donors (Lipinski definition) is 0. The second kappa shape index (κ2) is 8.90. The Balaban J connectivity index is 2.79. The SMILES string of the molecule is COCCOc1cc(CC(C)(C)C)cc(OCCOC)c1. The lowest BCUT2D eigenvalue weighted by Gasteiger charge is -2.19. The minimum atomic E-state index is 0.217. The van der Waals surface area contributed by atoms with Gasteiger partial charge in [-0.25, -0.2) is 0 Å². The molecule has 0 aromatic heterocycles. The van der Waals surface area contributed by atoms with Crippen LogP contribution in [0.15, 0.2) is 18.2 Å². The largest absolute Gasteiger partial charge is 0.491 e. The lowest BCUT2D eigenvalue weighted by atomic mass is 9.88. The van der Waals surface area contributed by atoms with E-state index >= 15 is 0 Å². The van der Waals surface area contributed by atoms with Crippen molar-refractivity contribution in [3.8, 4) is 11.5 Å². The molecular weight excluding hydrogens is 268 g/mol. The van der Waals surface area contributed by atoms with Crippen LogP contribution in [0.1, 0.15) is 26.3 Å². The van der Waals surface area contributed by atoms with Crippen LogP contribution in [-0.2, 0) is 15.9 Å². The number of hydrogen-bond acceptors (Lipinski definition) is 4.